The molecule has 0 saturated carbocycles. The third-order valence-corrected chi connectivity index (χ3v) is 8.77. The summed E-state index contributed by atoms with van der Waals surface area (Å²) in [6.07, 6.45) is 0. The van der Waals surface area contributed by atoms with Gasteiger partial charge in [0.05, 0.1) is 9.79 Å². The first-order chi connectivity index (χ1) is 17.8. The minimum atomic E-state index is -5.17. The van der Waals surface area contributed by atoms with E-state index in [2.05, 4.69) is 10.2 Å². The van der Waals surface area contributed by atoms with Gasteiger partial charge in [0.1, 0.15) is 21.2 Å². The number of azo groups is 1. The predicted octanol–water partition coefficient (Wildman–Crippen LogP) is 3.10. The number of nitrogens with zero attached hydrogens (tertiary/aromatic N) is 2. The second-order valence-electron chi connectivity index (χ2n) is 7.88. The molecule has 0 radical (unpaired) electrons. The van der Waals surface area contributed by atoms with E-state index in [1.54, 1.807) is 0 Å². The van der Waals surface area contributed by atoms with Crippen LogP contribution in [0.3, 0.4) is 0 Å². The summed E-state index contributed by atoms with van der Waals surface area (Å²) in [7, 11) is -19.6. The van der Waals surface area contributed by atoms with Crippen molar-refractivity contribution in [1.29, 1.82) is 0 Å². The molecule has 0 spiro atoms. The summed E-state index contributed by atoms with van der Waals surface area (Å²) in [6, 6.07) is 8.27. The van der Waals surface area contributed by atoms with Gasteiger partial charge in [-0.1, -0.05) is 6.07 Å². The Balaban J connectivity index is 1.99. The van der Waals surface area contributed by atoms with Crippen LogP contribution >= 0.6 is 0 Å². The van der Waals surface area contributed by atoms with Crippen molar-refractivity contribution >= 4 is 73.4 Å². The number of fused-ring (bicyclic) bond motifs is 2. The van der Waals surface area contributed by atoms with Crippen molar-refractivity contribution in [2.45, 2.75) is 19.6 Å². The van der Waals surface area contributed by atoms with Crippen LogP contribution in [-0.4, -0.2) is 57.0 Å². The Bertz CT molecular complexity index is 2170. The highest BCUT2D eigenvalue weighted by atomic mass is 32.2. The van der Waals surface area contributed by atoms with Crippen LogP contribution < -0.4 is 0 Å². The maximum Gasteiger partial charge on any atom is 0.296 e. The topological polar surface area (TPSA) is 262 Å². The second kappa shape index (κ2) is 9.27. The lowest BCUT2D eigenvalue weighted by Gasteiger charge is -2.10. The lowest BCUT2D eigenvalue weighted by Crippen LogP contribution is -2.01. The van der Waals surface area contributed by atoms with E-state index in [0.717, 1.165) is 48.5 Å². The maximum absolute atomic E-state index is 12.0. The molecular weight excluding hydrogens is 604 g/mol. The van der Waals surface area contributed by atoms with Crippen molar-refractivity contribution in [3.05, 3.63) is 54.6 Å². The van der Waals surface area contributed by atoms with Gasteiger partial charge < -0.3 is 5.11 Å². The molecule has 0 aliphatic heterocycles. The average molecular weight is 619 g/mol. The molecule has 15 nitrogen and oxygen atoms in total. The van der Waals surface area contributed by atoms with E-state index in [1.165, 1.54) is 0 Å². The molecule has 0 aliphatic carbocycles. The maximum atomic E-state index is 12.0. The van der Waals surface area contributed by atoms with Crippen LogP contribution in [0.1, 0.15) is 0 Å². The summed E-state index contributed by atoms with van der Waals surface area (Å²) in [5.74, 6) is -0.933. The number of hydrogen-bond acceptors (Lipinski definition) is 11. The average Bonchev–Trinajstić information content (AvgIpc) is 2.79. The minimum Gasteiger partial charge on any atom is -0.505 e. The lowest BCUT2D eigenvalue weighted by molar-refractivity contribution is 0.471. The van der Waals surface area contributed by atoms with Gasteiger partial charge in [-0.3, -0.25) is 18.2 Å². The van der Waals surface area contributed by atoms with E-state index in [-0.39, 0.29) is 21.5 Å². The highest BCUT2D eigenvalue weighted by molar-refractivity contribution is 7.86. The van der Waals surface area contributed by atoms with Crippen molar-refractivity contribution < 1.29 is 57.0 Å². The Kier molecular flexibility index (Phi) is 6.77. The summed E-state index contributed by atoms with van der Waals surface area (Å²) in [5, 5.41) is 17.5. The zero-order valence-corrected chi connectivity index (χ0v) is 22.0. The van der Waals surface area contributed by atoms with Gasteiger partial charge >= 0.3 is 0 Å². The van der Waals surface area contributed by atoms with E-state index >= 15 is 0 Å². The predicted molar refractivity (Wildman–Crippen MR) is 133 cm³/mol. The second-order valence-corrected chi connectivity index (χ2v) is 13.5. The first-order valence-electron chi connectivity index (χ1n) is 9.96. The van der Waals surface area contributed by atoms with Gasteiger partial charge in [-0.05, 0) is 64.7 Å². The fourth-order valence-electron chi connectivity index (χ4n) is 3.58. The zero-order valence-electron chi connectivity index (χ0n) is 18.7. The third-order valence-electron chi connectivity index (χ3n) is 5.32. The summed E-state index contributed by atoms with van der Waals surface area (Å²) in [4.78, 5) is -3.23. The molecule has 5 N–H and O–H groups in total. The molecule has 0 heterocycles. The van der Waals surface area contributed by atoms with Crippen molar-refractivity contribution in [3.8, 4) is 5.75 Å². The number of benzene rings is 4. The van der Waals surface area contributed by atoms with Crippen molar-refractivity contribution in [1.82, 2.24) is 0 Å². The lowest BCUT2D eigenvalue weighted by atomic mass is 10.1. The molecule has 4 aromatic carbocycles. The number of phenolic OH excluding ortho intramolecular Hbond substituents is 1. The highest BCUT2D eigenvalue weighted by Crippen LogP contribution is 2.42. The summed E-state index contributed by atoms with van der Waals surface area (Å²) in [6.45, 7) is 0. The summed E-state index contributed by atoms with van der Waals surface area (Å²) >= 11 is 0. The molecule has 39 heavy (non-hydrogen) atoms. The van der Waals surface area contributed by atoms with Crippen molar-refractivity contribution in [2.75, 3.05) is 0 Å². The van der Waals surface area contributed by atoms with E-state index < -0.39 is 77.2 Å². The van der Waals surface area contributed by atoms with Gasteiger partial charge in [-0.25, -0.2) is 0 Å². The molecule has 206 valence electrons. The Morgan fingerprint density at radius 2 is 1.03 bits per heavy atom. The van der Waals surface area contributed by atoms with Crippen LogP contribution in [0.25, 0.3) is 21.5 Å². The van der Waals surface area contributed by atoms with Gasteiger partial charge in [0.25, 0.3) is 40.5 Å². The van der Waals surface area contributed by atoms with Gasteiger partial charge in [-0.2, -0.15) is 33.7 Å². The van der Waals surface area contributed by atoms with Crippen molar-refractivity contribution in [3.63, 3.8) is 0 Å². The van der Waals surface area contributed by atoms with Crippen LogP contribution in [0.5, 0.6) is 5.75 Å². The monoisotopic (exact) mass is 618 g/mol. The molecule has 0 aliphatic rings. The fourth-order valence-corrected chi connectivity index (χ4v) is 5.90. The molecule has 0 bridgehead atoms. The van der Waals surface area contributed by atoms with Crippen LogP contribution in [0.2, 0.25) is 0 Å². The smallest absolute Gasteiger partial charge is 0.296 e. The molecular formula is C20H14N2O13S4. The van der Waals surface area contributed by atoms with Gasteiger partial charge in [0.15, 0.2) is 5.75 Å². The van der Waals surface area contributed by atoms with E-state index in [1.807, 2.05) is 0 Å². The van der Waals surface area contributed by atoms with Crippen molar-refractivity contribution in [2.24, 2.45) is 10.2 Å². The Labute approximate surface area is 220 Å². The SMILES string of the molecule is O=S(=O)(O)c1ccc2cc(N=Nc3c(S(=O)(=O)O)cc4cc(S(=O)(=O)O)ccc4c3O)c(S(=O)(=O)O)cc2c1. The largest absolute Gasteiger partial charge is 0.505 e. The molecule has 4 aromatic rings. The summed E-state index contributed by atoms with van der Waals surface area (Å²) < 4.78 is 132. The number of hydrogen-bond donors (Lipinski definition) is 5. The minimum absolute atomic E-state index is 0.0708. The molecule has 0 amide bonds. The standard InChI is InChI=1S/C20H14N2O13S4/c23-20-15-4-3-14(37(27,28)29)6-12(15)9-18(39(33,34)35)19(20)22-21-16-7-10-1-2-13(36(24,25)26)5-11(10)8-17(16)38(30,31)32/h1-9,23H,(H,24,25,26)(H,27,28,29)(H,30,31,32)(H,33,34,35). The molecule has 19 heteroatoms. The van der Waals surface area contributed by atoms with Gasteiger partial charge in [-0.15, -0.1) is 10.2 Å². The molecule has 4 rings (SSSR count). The van der Waals surface area contributed by atoms with Crippen LogP contribution in [0.15, 0.2) is 84.4 Å². The molecule has 0 fully saturated rings. The van der Waals surface area contributed by atoms with Gasteiger partial charge in [0, 0.05) is 5.39 Å². The highest BCUT2D eigenvalue weighted by Gasteiger charge is 2.24. The molecule has 0 unspecified atom stereocenters. The molecule has 0 saturated heterocycles. The fraction of sp³-hybridized carbons (Fsp3) is 0. The van der Waals surface area contributed by atoms with E-state index in [9.17, 15) is 57.0 Å². The first-order valence-corrected chi connectivity index (χ1v) is 15.7. The Morgan fingerprint density at radius 1 is 0.513 bits per heavy atom. The normalized spacial score (nSPS) is 13.4. The third kappa shape index (κ3) is 5.74. The summed E-state index contributed by atoms with van der Waals surface area (Å²) in [5.41, 5.74) is -1.50. The van der Waals surface area contributed by atoms with Crippen LogP contribution in [0.4, 0.5) is 11.4 Å². The molecule has 0 aromatic heterocycles. The van der Waals surface area contributed by atoms with Crippen LogP contribution in [0, 0.1) is 0 Å². The number of aromatic hydroxyl groups is 1. The van der Waals surface area contributed by atoms with Crippen LogP contribution in [-0.2, 0) is 40.5 Å². The Hall–Kier alpha value is -3.56. The number of rotatable bonds is 6. The zero-order chi connectivity index (χ0) is 29.1. The van der Waals surface area contributed by atoms with E-state index in [0.29, 0.717) is 6.07 Å². The van der Waals surface area contributed by atoms with Gasteiger partial charge in [0.2, 0.25) is 0 Å². The van der Waals surface area contributed by atoms with E-state index in [4.69, 9.17) is 0 Å². The Morgan fingerprint density at radius 3 is 1.56 bits per heavy atom. The molecule has 0 atom stereocenters. The quantitative estimate of drug-likeness (QED) is 0.154. The number of phenols is 1. The first kappa shape index (κ1) is 28.4.